The molecule has 0 N–H and O–H groups in total. The van der Waals surface area contributed by atoms with Crippen molar-refractivity contribution in [1.82, 2.24) is 4.98 Å². The van der Waals surface area contributed by atoms with Crippen molar-refractivity contribution in [3.63, 3.8) is 0 Å². The Morgan fingerprint density at radius 3 is 3.00 bits per heavy atom. The van der Waals surface area contributed by atoms with E-state index in [-0.39, 0.29) is 0 Å². The molecule has 0 spiro atoms. The van der Waals surface area contributed by atoms with Gasteiger partial charge in [0.05, 0.1) is 12.8 Å². The van der Waals surface area contributed by atoms with E-state index in [0.29, 0.717) is 6.61 Å². The van der Waals surface area contributed by atoms with Gasteiger partial charge < -0.3 is 4.74 Å². The molecule has 0 fully saturated rings. The van der Waals surface area contributed by atoms with Crippen LogP contribution in [-0.2, 0) is 0 Å². The quantitative estimate of drug-likeness (QED) is 0.756. The van der Waals surface area contributed by atoms with E-state index >= 15 is 0 Å². The molecule has 2 nitrogen and oxygen atoms in total. The Labute approximate surface area is 86.8 Å². The van der Waals surface area contributed by atoms with Gasteiger partial charge in [-0.1, -0.05) is 5.57 Å². The maximum Gasteiger partial charge on any atom is 0.138 e. The molecule has 0 saturated carbocycles. The normalized spacial score (nSPS) is 9.69. The topological polar surface area (TPSA) is 22.1 Å². The fourth-order valence-corrected chi connectivity index (χ4v) is 1.16. The lowest BCUT2D eigenvalue weighted by atomic mass is 10.3. The van der Waals surface area contributed by atoms with E-state index in [1.807, 2.05) is 13.0 Å². The molecule has 0 bridgehead atoms. The lowest BCUT2D eigenvalue weighted by Crippen LogP contribution is -1.97. The molecule has 13 heavy (non-hydrogen) atoms. The van der Waals surface area contributed by atoms with E-state index in [2.05, 4.69) is 27.5 Å². The van der Waals surface area contributed by atoms with Crippen LogP contribution >= 0.6 is 15.9 Å². The van der Waals surface area contributed by atoms with Crippen LogP contribution in [0.25, 0.3) is 0 Å². The molecular formula is C10H12BrNO. The van der Waals surface area contributed by atoms with Gasteiger partial charge in [0.2, 0.25) is 0 Å². The average molecular weight is 242 g/mol. The zero-order chi connectivity index (χ0) is 9.68. The molecule has 0 aliphatic rings. The summed E-state index contributed by atoms with van der Waals surface area (Å²) in [5, 5.41) is 0. The molecule has 1 heterocycles. The average Bonchev–Trinajstić information content (AvgIpc) is 2.03. The third-order valence-corrected chi connectivity index (χ3v) is 1.91. The van der Waals surface area contributed by atoms with Crippen molar-refractivity contribution in [2.24, 2.45) is 0 Å². The van der Waals surface area contributed by atoms with Crippen molar-refractivity contribution in [3.8, 4) is 5.75 Å². The minimum atomic E-state index is 0.660. The first-order valence-electron chi connectivity index (χ1n) is 4.06. The first-order valence-corrected chi connectivity index (χ1v) is 4.85. The molecule has 0 aliphatic heterocycles. The Balaban J connectivity index is 2.41. The summed E-state index contributed by atoms with van der Waals surface area (Å²) in [5.41, 5.74) is 1.13. The fourth-order valence-electron chi connectivity index (χ4n) is 0.814. The SMILES string of the molecule is C=C(C)CCOc1cncc(Br)c1. The van der Waals surface area contributed by atoms with Crippen molar-refractivity contribution < 1.29 is 4.74 Å². The number of halogens is 1. The predicted octanol–water partition coefficient (Wildman–Crippen LogP) is 3.19. The second-order valence-electron chi connectivity index (χ2n) is 2.89. The van der Waals surface area contributed by atoms with E-state index in [1.165, 1.54) is 0 Å². The zero-order valence-corrected chi connectivity index (χ0v) is 9.17. The highest BCUT2D eigenvalue weighted by Crippen LogP contribution is 2.16. The van der Waals surface area contributed by atoms with Crippen LogP contribution in [0.5, 0.6) is 5.75 Å². The van der Waals surface area contributed by atoms with E-state index in [0.717, 1.165) is 22.2 Å². The van der Waals surface area contributed by atoms with Gasteiger partial charge in [0.25, 0.3) is 0 Å². The van der Waals surface area contributed by atoms with Crippen LogP contribution in [0.1, 0.15) is 13.3 Å². The van der Waals surface area contributed by atoms with Crippen molar-refractivity contribution >= 4 is 15.9 Å². The van der Waals surface area contributed by atoms with Gasteiger partial charge in [-0.2, -0.15) is 0 Å². The summed E-state index contributed by atoms with van der Waals surface area (Å²) < 4.78 is 6.38. The zero-order valence-electron chi connectivity index (χ0n) is 7.59. The number of hydrogen-bond acceptors (Lipinski definition) is 2. The molecular weight excluding hydrogens is 230 g/mol. The lowest BCUT2D eigenvalue weighted by Gasteiger charge is -2.04. The minimum absolute atomic E-state index is 0.660. The third kappa shape index (κ3) is 4.08. The summed E-state index contributed by atoms with van der Waals surface area (Å²) in [4.78, 5) is 3.99. The summed E-state index contributed by atoms with van der Waals surface area (Å²) >= 11 is 3.32. The second-order valence-corrected chi connectivity index (χ2v) is 3.81. The van der Waals surface area contributed by atoms with Crippen molar-refractivity contribution in [3.05, 3.63) is 35.1 Å². The Hall–Kier alpha value is -0.830. The van der Waals surface area contributed by atoms with Gasteiger partial charge in [0, 0.05) is 17.1 Å². The van der Waals surface area contributed by atoms with Gasteiger partial charge in [-0.15, -0.1) is 6.58 Å². The number of nitrogens with zero attached hydrogens (tertiary/aromatic N) is 1. The van der Waals surface area contributed by atoms with Crippen molar-refractivity contribution in [2.75, 3.05) is 6.61 Å². The highest BCUT2D eigenvalue weighted by molar-refractivity contribution is 9.10. The monoisotopic (exact) mass is 241 g/mol. The molecule has 1 rings (SSSR count). The maximum absolute atomic E-state index is 5.44. The summed E-state index contributed by atoms with van der Waals surface area (Å²) in [6, 6.07) is 1.89. The van der Waals surface area contributed by atoms with Crippen molar-refractivity contribution in [2.45, 2.75) is 13.3 Å². The highest BCUT2D eigenvalue weighted by Gasteiger charge is 1.95. The van der Waals surface area contributed by atoms with E-state index in [9.17, 15) is 0 Å². The summed E-state index contributed by atoms with van der Waals surface area (Å²) in [6.45, 7) is 6.45. The number of hydrogen-bond donors (Lipinski definition) is 0. The maximum atomic E-state index is 5.44. The standard InChI is InChI=1S/C10H12BrNO/c1-8(2)3-4-13-10-5-9(11)6-12-7-10/h5-7H,1,3-4H2,2H3. The first kappa shape index (κ1) is 10.3. The largest absolute Gasteiger partial charge is 0.492 e. The van der Waals surface area contributed by atoms with Gasteiger partial charge >= 0.3 is 0 Å². The number of rotatable bonds is 4. The molecule has 70 valence electrons. The molecule has 0 unspecified atom stereocenters. The molecule has 1 aromatic rings. The summed E-state index contributed by atoms with van der Waals surface area (Å²) in [6.07, 6.45) is 4.31. The Kier molecular flexibility index (Phi) is 3.96. The molecule has 0 atom stereocenters. The smallest absolute Gasteiger partial charge is 0.138 e. The number of ether oxygens (including phenoxy) is 1. The first-order chi connectivity index (χ1) is 6.18. The van der Waals surface area contributed by atoms with Crippen LogP contribution in [-0.4, -0.2) is 11.6 Å². The molecule has 0 radical (unpaired) electrons. The summed E-state index contributed by atoms with van der Waals surface area (Å²) in [5.74, 6) is 0.788. The highest BCUT2D eigenvalue weighted by atomic mass is 79.9. The molecule has 0 saturated heterocycles. The van der Waals surface area contributed by atoms with Crippen LogP contribution in [0.2, 0.25) is 0 Å². The van der Waals surface area contributed by atoms with Crippen LogP contribution in [0, 0.1) is 0 Å². The molecule has 3 heteroatoms. The van der Waals surface area contributed by atoms with Crippen LogP contribution in [0.4, 0.5) is 0 Å². The van der Waals surface area contributed by atoms with E-state index < -0.39 is 0 Å². The van der Waals surface area contributed by atoms with Gasteiger partial charge in [0.15, 0.2) is 0 Å². The third-order valence-electron chi connectivity index (χ3n) is 1.48. The predicted molar refractivity (Wildman–Crippen MR) is 56.9 cm³/mol. The second kappa shape index (κ2) is 5.02. The van der Waals surface area contributed by atoms with Crippen LogP contribution in [0.3, 0.4) is 0 Å². The lowest BCUT2D eigenvalue weighted by molar-refractivity contribution is 0.320. The van der Waals surface area contributed by atoms with E-state index in [4.69, 9.17) is 4.74 Å². The summed E-state index contributed by atoms with van der Waals surface area (Å²) in [7, 11) is 0. The molecule has 0 amide bonds. The fraction of sp³-hybridized carbons (Fsp3) is 0.300. The Morgan fingerprint density at radius 1 is 1.62 bits per heavy atom. The van der Waals surface area contributed by atoms with Crippen LogP contribution < -0.4 is 4.74 Å². The number of aromatic nitrogens is 1. The van der Waals surface area contributed by atoms with Crippen LogP contribution in [0.15, 0.2) is 35.1 Å². The Morgan fingerprint density at radius 2 is 2.38 bits per heavy atom. The van der Waals surface area contributed by atoms with Gasteiger partial charge in [-0.3, -0.25) is 4.98 Å². The van der Waals surface area contributed by atoms with Gasteiger partial charge in [-0.05, 0) is 28.9 Å². The molecule has 0 aromatic carbocycles. The van der Waals surface area contributed by atoms with Gasteiger partial charge in [0.1, 0.15) is 5.75 Å². The molecule has 1 aromatic heterocycles. The molecule has 0 aliphatic carbocycles. The Bertz CT molecular complexity index is 299. The minimum Gasteiger partial charge on any atom is -0.492 e. The van der Waals surface area contributed by atoms with Gasteiger partial charge in [-0.25, -0.2) is 0 Å². The van der Waals surface area contributed by atoms with E-state index in [1.54, 1.807) is 12.4 Å². The van der Waals surface area contributed by atoms with Crippen molar-refractivity contribution in [1.29, 1.82) is 0 Å². The number of pyridine rings is 1.